The molecule has 0 unspecified atom stereocenters. The summed E-state index contributed by atoms with van der Waals surface area (Å²) >= 11 is 0. The molecule has 0 heterocycles. The largest absolute Gasteiger partial charge is 0.396 e. The third-order valence-corrected chi connectivity index (χ3v) is 13.2. The molecule has 0 aromatic carbocycles. The van der Waals surface area contributed by atoms with E-state index in [1.165, 1.54) is 25.7 Å². The Morgan fingerprint density at radius 2 is 1.29 bits per heavy atom. The monoisotopic (exact) mass is 474 g/mol. The smallest absolute Gasteiger partial charge is 0.0618 e. The first-order valence-corrected chi connectivity index (χ1v) is 14.2. The SMILES string of the molecule is C[C@@]12CC[C@@H]3[C@](C)(CC[C@@H](O)[C@]3(C)CO)[C@H]1CC[C@H]1C(=CC[C@@H]3[C@]1(C)CC[C@@H](O)[C@]3(C)CO)C2. The van der Waals surface area contributed by atoms with Gasteiger partial charge in [0.1, 0.15) is 0 Å². The zero-order valence-corrected chi connectivity index (χ0v) is 22.3. The van der Waals surface area contributed by atoms with E-state index in [0.29, 0.717) is 23.7 Å². The lowest BCUT2D eigenvalue weighted by Gasteiger charge is -2.64. The maximum atomic E-state index is 10.9. The van der Waals surface area contributed by atoms with Crippen LogP contribution in [0.1, 0.15) is 98.8 Å². The molecular formula is C30H50O4. The molecule has 5 aliphatic rings. The molecule has 0 aromatic rings. The highest BCUT2D eigenvalue weighted by molar-refractivity contribution is 5.25. The van der Waals surface area contributed by atoms with Gasteiger partial charge in [0, 0.05) is 10.8 Å². The van der Waals surface area contributed by atoms with Crippen LogP contribution in [0, 0.1) is 50.7 Å². The van der Waals surface area contributed by atoms with Gasteiger partial charge in [0.25, 0.3) is 0 Å². The molecule has 5 rings (SSSR count). The number of fused-ring (bicyclic) bond motifs is 6. The maximum Gasteiger partial charge on any atom is 0.0618 e. The summed E-state index contributed by atoms with van der Waals surface area (Å²) < 4.78 is 0. The van der Waals surface area contributed by atoms with Crippen molar-refractivity contribution in [1.82, 2.24) is 0 Å². The Morgan fingerprint density at radius 1 is 0.706 bits per heavy atom. The van der Waals surface area contributed by atoms with Crippen molar-refractivity contribution < 1.29 is 20.4 Å². The van der Waals surface area contributed by atoms with Gasteiger partial charge >= 0.3 is 0 Å². The quantitative estimate of drug-likeness (QED) is 0.421. The summed E-state index contributed by atoms with van der Waals surface area (Å²) in [4.78, 5) is 0. The fraction of sp³-hybridized carbons (Fsp3) is 0.933. The van der Waals surface area contributed by atoms with Gasteiger partial charge in [-0.15, -0.1) is 0 Å². The van der Waals surface area contributed by atoms with E-state index in [9.17, 15) is 20.4 Å². The highest BCUT2D eigenvalue weighted by Gasteiger charge is 2.64. The van der Waals surface area contributed by atoms with Gasteiger partial charge in [0.05, 0.1) is 25.4 Å². The van der Waals surface area contributed by atoms with Crippen LogP contribution in [0.15, 0.2) is 11.6 Å². The lowest BCUT2D eigenvalue weighted by atomic mass is 9.42. The molecule has 11 atom stereocenters. The van der Waals surface area contributed by atoms with Crippen molar-refractivity contribution in [3.8, 4) is 0 Å². The fourth-order valence-corrected chi connectivity index (χ4v) is 11.0. The van der Waals surface area contributed by atoms with Gasteiger partial charge in [0.15, 0.2) is 0 Å². The molecule has 4 saturated carbocycles. The van der Waals surface area contributed by atoms with Crippen molar-refractivity contribution in [3.05, 3.63) is 11.6 Å². The predicted molar refractivity (Wildman–Crippen MR) is 135 cm³/mol. The number of aliphatic hydroxyl groups is 4. The molecule has 0 saturated heterocycles. The van der Waals surface area contributed by atoms with Crippen LogP contribution >= 0.6 is 0 Å². The minimum absolute atomic E-state index is 0.0620. The van der Waals surface area contributed by atoms with Crippen molar-refractivity contribution in [3.63, 3.8) is 0 Å². The van der Waals surface area contributed by atoms with E-state index in [1.54, 1.807) is 5.57 Å². The fourth-order valence-electron chi connectivity index (χ4n) is 11.0. The van der Waals surface area contributed by atoms with Gasteiger partial charge < -0.3 is 20.4 Å². The number of aliphatic hydroxyl groups excluding tert-OH is 4. The molecule has 4 N–H and O–H groups in total. The summed E-state index contributed by atoms with van der Waals surface area (Å²) in [5, 5.41) is 42.6. The molecular weight excluding hydrogens is 424 g/mol. The highest BCUT2D eigenvalue weighted by Crippen LogP contribution is 2.70. The summed E-state index contributed by atoms with van der Waals surface area (Å²) in [6.45, 7) is 11.9. The second-order valence-corrected chi connectivity index (χ2v) is 14.6. The third-order valence-electron chi connectivity index (χ3n) is 13.2. The number of rotatable bonds is 2. The standard InChI is InChI=1S/C30H50O4/c1-26-13-10-23-28(3,15-12-25(34)30(23,5)18-32)21(26)9-7-20-19(16-26)6-8-22-27(20,2)14-11-24(33)29(22,4)17-31/h6,20-25,31-34H,7-18H2,1-5H3/t20-,21-,22+,23+,24+,25+,26-,27+,28+,29+,30+/m0/s1. The number of hydrogen-bond acceptors (Lipinski definition) is 4. The van der Waals surface area contributed by atoms with Crippen LogP contribution in [-0.2, 0) is 0 Å². The Morgan fingerprint density at radius 3 is 1.91 bits per heavy atom. The molecule has 0 aliphatic heterocycles. The van der Waals surface area contributed by atoms with Crippen molar-refractivity contribution >= 4 is 0 Å². The third kappa shape index (κ3) is 3.17. The molecule has 4 heteroatoms. The predicted octanol–water partition coefficient (Wildman–Crippen LogP) is 5.08. The van der Waals surface area contributed by atoms with Crippen molar-refractivity contribution in [1.29, 1.82) is 0 Å². The van der Waals surface area contributed by atoms with E-state index in [2.05, 4.69) is 40.7 Å². The lowest BCUT2D eigenvalue weighted by Crippen LogP contribution is -2.60. The zero-order chi connectivity index (χ0) is 24.7. The van der Waals surface area contributed by atoms with Crippen LogP contribution < -0.4 is 0 Å². The highest BCUT2D eigenvalue weighted by atomic mass is 16.3. The Labute approximate surface area is 207 Å². The van der Waals surface area contributed by atoms with Crippen molar-refractivity contribution in [2.24, 2.45) is 50.7 Å². The molecule has 194 valence electrons. The molecule has 4 fully saturated rings. The maximum absolute atomic E-state index is 10.9. The summed E-state index contributed by atoms with van der Waals surface area (Å²) in [5.41, 5.74) is 1.39. The van der Waals surface area contributed by atoms with Crippen molar-refractivity contribution in [2.75, 3.05) is 13.2 Å². The van der Waals surface area contributed by atoms with Crippen molar-refractivity contribution in [2.45, 2.75) is 111 Å². The Hall–Kier alpha value is -0.420. The van der Waals surface area contributed by atoms with Gasteiger partial charge in [-0.05, 0) is 104 Å². The van der Waals surface area contributed by atoms with E-state index in [0.717, 1.165) is 38.5 Å². The zero-order valence-electron chi connectivity index (χ0n) is 22.3. The average Bonchev–Trinajstić information content (AvgIpc) is 2.96. The van der Waals surface area contributed by atoms with Crippen LogP contribution in [0.4, 0.5) is 0 Å². The Bertz CT molecular complexity index is 840. The van der Waals surface area contributed by atoms with Crippen LogP contribution in [0.2, 0.25) is 0 Å². The van der Waals surface area contributed by atoms with E-state index < -0.39 is 23.0 Å². The topological polar surface area (TPSA) is 80.9 Å². The normalized spacial score (nSPS) is 57.4. The molecule has 4 nitrogen and oxygen atoms in total. The summed E-state index contributed by atoms with van der Waals surface area (Å²) in [6.07, 6.45) is 12.2. The van der Waals surface area contributed by atoms with Gasteiger partial charge in [-0.2, -0.15) is 0 Å². The first kappa shape index (κ1) is 25.2. The van der Waals surface area contributed by atoms with Gasteiger partial charge in [-0.25, -0.2) is 0 Å². The second kappa shape index (κ2) is 8.04. The Balaban J connectivity index is 1.50. The van der Waals surface area contributed by atoms with E-state index in [4.69, 9.17) is 0 Å². The number of allylic oxidation sites excluding steroid dienone is 2. The van der Waals surface area contributed by atoms with E-state index in [-0.39, 0.29) is 29.5 Å². The second-order valence-electron chi connectivity index (χ2n) is 14.6. The minimum Gasteiger partial charge on any atom is -0.396 e. The van der Waals surface area contributed by atoms with E-state index in [1.807, 2.05) is 0 Å². The molecule has 0 radical (unpaired) electrons. The van der Waals surface area contributed by atoms with Gasteiger partial charge in [-0.3, -0.25) is 0 Å². The summed E-state index contributed by atoms with van der Waals surface area (Å²) in [5.74, 6) is 1.82. The molecule has 34 heavy (non-hydrogen) atoms. The minimum atomic E-state index is -0.419. The van der Waals surface area contributed by atoms with Gasteiger partial charge in [0.2, 0.25) is 0 Å². The lowest BCUT2D eigenvalue weighted by molar-refractivity contribution is -0.189. The molecule has 0 aromatic heterocycles. The molecule has 0 amide bonds. The molecule has 5 aliphatic carbocycles. The molecule has 0 spiro atoms. The van der Waals surface area contributed by atoms with E-state index >= 15 is 0 Å². The first-order chi connectivity index (χ1) is 15.9. The van der Waals surface area contributed by atoms with Crippen LogP contribution in [0.3, 0.4) is 0 Å². The van der Waals surface area contributed by atoms with Crippen LogP contribution in [-0.4, -0.2) is 45.8 Å². The number of hydrogen-bond donors (Lipinski definition) is 4. The van der Waals surface area contributed by atoms with Gasteiger partial charge in [-0.1, -0.05) is 46.3 Å². The van der Waals surface area contributed by atoms with Crippen LogP contribution in [0.5, 0.6) is 0 Å². The molecule has 0 bridgehead atoms. The average molecular weight is 475 g/mol. The van der Waals surface area contributed by atoms with Crippen LogP contribution in [0.25, 0.3) is 0 Å². The summed E-state index contributed by atoms with van der Waals surface area (Å²) in [6, 6.07) is 0. The summed E-state index contributed by atoms with van der Waals surface area (Å²) in [7, 11) is 0. The first-order valence-electron chi connectivity index (χ1n) is 14.2. The Kier molecular flexibility index (Phi) is 5.97.